The second kappa shape index (κ2) is 10.1. The largest absolute Gasteiger partial charge is 0.367 e. The Hall–Kier alpha value is -5.38. The van der Waals surface area contributed by atoms with Gasteiger partial charge in [-0.2, -0.15) is 0 Å². The van der Waals surface area contributed by atoms with Crippen LogP contribution >= 0.6 is 11.3 Å². The minimum absolute atomic E-state index is 0.0780. The summed E-state index contributed by atoms with van der Waals surface area (Å²) in [7, 11) is 0. The maximum atomic E-state index is 3.79. The van der Waals surface area contributed by atoms with Crippen LogP contribution in [0.4, 0.5) is 11.4 Å². The molecule has 44 heavy (non-hydrogen) atoms. The number of nitrogens with one attached hydrogen (secondary N) is 1. The Balaban J connectivity index is 1.33. The first-order valence-corrected chi connectivity index (χ1v) is 15.9. The Morgan fingerprint density at radius 2 is 1.20 bits per heavy atom. The monoisotopic (exact) mass is 580 g/mol. The summed E-state index contributed by atoms with van der Waals surface area (Å²) >= 11 is 1.88. The predicted molar refractivity (Wildman–Crippen MR) is 190 cm³/mol. The molecule has 7 aromatic carbocycles. The van der Waals surface area contributed by atoms with Gasteiger partial charge in [-0.1, -0.05) is 121 Å². The molecule has 1 unspecified atom stereocenters. The van der Waals surface area contributed by atoms with E-state index in [1.54, 1.807) is 0 Å². The van der Waals surface area contributed by atoms with Crippen LogP contribution in [-0.2, 0) is 0 Å². The summed E-state index contributed by atoms with van der Waals surface area (Å²) in [5, 5.41) is 12.7. The molecular formula is C41H28N2S. The van der Waals surface area contributed by atoms with Gasteiger partial charge in [0.1, 0.15) is 6.17 Å². The van der Waals surface area contributed by atoms with Gasteiger partial charge < -0.3 is 10.2 Å². The Morgan fingerprint density at radius 1 is 0.545 bits per heavy atom. The molecule has 3 heteroatoms. The zero-order valence-electron chi connectivity index (χ0n) is 23.9. The molecule has 9 rings (SSSR count). The Morgan fingerprint density at radius 3 is 2.02 bits per heavy atom. The van der Waals surface area contributed by atoms with Gasteiger partial charge in [0.15, 0.2) is 0 Å². The van der Waals surface area contributed by atoms with Crippen molar-refractivity contribution in [1.82, 2.24) is 5.32 Å². The first-order chi connectivity index (χ1) is 21.8. The highest BCUT2D eigenvalue weighted by Gasteiger charge is 2.30. The van der Waals surface area contributed by atoms with E-state index in [1.807, 2.05) is 11.3 Å². The molecule has 1 aromatic heterocycles. The van der Waals surface area contributed by atoms with Gasteiger partial charge in [0.2, 0.25) is 0 Å². The highest BCUT2D eigenvalue weighted by Crippen LogP contribution is 2.47. The summed E-state index contributed by atoms with van der Waals surface area (Å²) in [6.45, 7) is 0. The molecular weight excluding hydrogens is 553 g/mol. The van der Waals surface area contributed by atoms with Crippen LogP contribution in [-0.4, -0.2) is 0 Å². The van der Waals surface area contributed by atoms with E-state index >= 15 is 0 Å². The van der Waals surface area contributed by atoms with Crippen LogP contribution in [0.15, 0.2) is 152 Å². The number of fused-ring (bicyclic) bond motifs is 8. The van der Waals surface area contributed by atoms with Crippen molar-refractivity contribution in [2.45, 2.75) is 6.17 Å². The van der Waals surface area contributed by atoms with E-state index in [9.17, 15) is 0 Å². The summed E-state index contributed by atoms with van der Waals surface area (Å²) < 4.78 is 1.31. The van der Waals surface area contributed by atoms with Crippen molar-refractivity contribution in [3.05, 3.63) is 162 Å². The molecule has 208 valence electrons. The minimum atomic E-state index is -0.0780. The molecule has 0 amide bonds. The molecule has 0 spiro atoms. The first kappa shape index (κ1) is 25.1. The van der Waals surface area contributed by atoms with Crippen molar-refractivity contribution in [3.8, 4) is 11.1 Å². The van der Waals surface area contributed by atoms with Gasteiger partial charge in [0.05, 0.1) is 10.6 Å². The molecule has 0 fully saturated rings. The molecule has 0 bridgehead atoms. The first-order valence-electron chi connectivity index (χ1n) is 15.1. The quantitative estimate of drug-likeness (QED) is 0.208. The van der Waals surface area contributed by atoms with E-state index in [2.05, 4.69) is 168 Å². The third kappa shape index (κ3) is 3.94. The molecule has 2 nitrogen and oxygen atoms in total. The molecule has 0 saturated heterocycles. The molecule has 1 atom stereocenters. The number of hydrogen-bond donors (Lipinski definition) is 1. The molecule has 1 N–H and O–H groups in total. The maximum Gasteiger partial charge on any atom is 0.140 e. The lowest BCUT2D eigenvalue weighted by molar-refractivity contribution is 0.639. The standard InChI is InChI=1S/C41H28N2S/c1-2-10-27(11-3-1)28-18-21-31(22-19-28)43(41-40-35(24-25-42-41)34-16-8-9-17-38(34)44-40)37-26-30-13-5-7-15-33(30)39-32-14-6-4-12-29(32)20-23-36(37)39/h1-26,41-42H. The number of nitrogens with zero attached hydrogens (tertiary/aromatic N) is 1. The van der Waals surface area contributed by atoms with Crippen LogP contribution in [0.25, 0.3) is 59.6 Å². The van der Waals surface area contributed by atoms with Crippen LogP contribution < -0.4 is 10.2 Å². The van der Waals surface area contributed by atoms with E-state index in [-0.39, 0.29) is 6.17 Å². The third-order valence-corrected chi connectivity index (χ3v) is 10.2. The molecule has 8 aromatic rings. The molecule has 1 aliphatic rings. The normalized spacial score (nSPS) is 14.2. The maximum absolute atomic E-state index is 3.79. The number of rotatable bonds is 4. The van der Waals surface area contributed by atoms with Gasteiger partial charge >= 0.3 is 0 Å². The SMILES string of the molecule is C1=Cc2c(sc3ccccc23)C(N(c2ccc(-c3ccccc3)cc2)c2cc3ccccc3c3c2ccc2ccccc23)N1. The summed E-state index contributed by atoms with van der Waals surface area (Å²) in [6, 6.07) is 53.0. The summed E-state index contributed by atoms with van der Waals surface area (Å²) in [6.07, 6.45) is 4.27. The van der Waals surface area contributed by atoms with Crippen molar-refractivity contribution in [2.75, 3.05) is 4.90 Å². The van der Waals surface area contributed by atoms with Gasteiger partial charge in [0.25, 0.3) is 0 Å². The van der Waals surface area contributed by atoms with E-state index in [0.29, 0.717) is 0 Å². The van der Waals surface area contributed by atoms with Crippen LogP contribution in [0.1, 0.15) is 16.6 Å². The highest BCUT2D eigenvalue weighted by atomic mass is 32.1. The summed E-state index contributed by atoms with van der Waals surface area (Å²) in [4.78, 5) is 3.83. The van der Waals surface area contributed by atoms with Crippen molar-refractivity contribution in [1.29, 1.82) is 0 Å². The number of anilines is 2. The van der Waals surface area contributed by atoms with Crippen molar-refractivity contribution in [3.63, 3.8) is 0 Å². The van der Waals surface area contributed by atoms with Crippen LogP contribution in [0.3, 0.4) is 0 Å². The second-order valence-electron chi connectivity index (χ2n) is 11.4. The van der Waals surface area contributed by atoms with E-state index in [1.165, 1.54) is 69.7 Å². The molecule has 0 saturated carbocycles. The fourth-order valence-electron chi connectivity index (χ4n) is 6.87. The molecule has 2 heterocycles. The lowest BCUT2D eigenvalue weighted by atomic mass is 9.94. The summed E-state index contributed by atoms with van der Waals surface area (Å²) in [5.74, 6) is 0. The average Bonchev–Trinajstić information content (AvgIpc) is 3.48. The van der Waals surface area contributed by atoms with Gasteiger partial charge in [-0.3, -0.25) is 0 Å². The summed E-state index contributed by atoms with van der Waals surface area (Å²) in [5.41, 5.74) is 6.07. The second-order valence-corrected chi connectivity index (χ2v) is 12.5. The molecule has 1 aliphatic heterocycles. The lowest BCUT2D eigenvalue weighted by Gasteiger charge is -2.36. The number of benzene rings is 7. The minimum Gasteiger partial charge on any atom is -0.367 e. The van der Waals surface area contributed by atoms with Crippen molar-refractivity contribution < 1.29 is 0 Å². The van der Waals surface area contributed by atoms with Gasteiger partial charge in [-0.25, -0.2) is 0 Å². The fraction of sp³-hybridized carbons (Fsp3) is 0.0244. The predicted octanol–water partition coefficient (Wildman–Crippen LogP) is 11.4. The highest BCUT2D eigenvalue weighted by molar-refractivity contribution is 7.19. The van der Waals surface area contributed by atoms with E-state index in [0.717, 1.165) is 5.69 Å². The zero-order chi connectivity index (χ0) is 29.0. The van der Waals surface area contributed by atoms with E-state index < -0.39 is 0 Å². The van der Waals surface area contributed by atoms with Gasteiger partial charge in [-0.05, 0) is 74.6 Å². The van der Waals surface area contributed by atoms with Crippen LogP contribution in [0.5, 0.6) is 0 Å². The van der Waals surface area contributed by atoms with Gasteiger partial charge in [0, 0.05) is 26.7 Å². The topological polar surface area (TPSA) is 15.3 Å². The smallest absolute Gasteiger partial charge is 0.140 e. The molecule has 0 radical (unpaired) electrons. The van der Waals surface area contributed by atoms with Gasteiger partial charge in [-0.15, -0.1) is 11.3 Å². The van der Waals surface area contributed by atoms with E-state index in [4.69, 9.17) is 0 Å². The third-order valence-electron chi connectivity index (χ3n) is 8.91. The zero-order valence-corrected chi connectivity index (χ0v) is 24.8. The van der Waals surface area contributed by atoms with Crippen LogP contribution in [0.2, 0.25) is 0 Å². The fourth-order valence-corrected chi connectivity index (χ4v) is 8.12. The van der Waals surface area contributed by atoms with Crippen molar-refractivity contribution in [2.24, 2.45) is 0 Å². The number of hydrogen-bond acceptors (Lipinski definition) is 3. The Bertz CT molecular complexity index is 2350. The lowest BCUT2D eigenvalue weighted by Crippen LogP contribution is -2.34. The number of thiophene rings is 1. The average molecular weight is 581 g/mol. The Labute approximate surface area is 260 Å². The molecule has 0 aliphatic carbocycles. The van der Waals surface area contributed by atoms with Crippen LogP contribution in [0, 0.1) is 0 Å². The Kier molecular flexibility index (Phi) is 5.78. The van der Waals surface area contributed by atoms with Crippen molar-refractivity contribution >= 4 is 71.2 Å².